The zero-order valence-corrected chi connectivity index (χ0v) is 7.40. The van der Waals surface area contributed by atoms with Gasteiger partial charge in [-0.05, 0) is 23.3 Å². The maximum absolute atomic E-state index is 5.25. The molecule has 0 aromatic heterocycles. The van der Waals surface area contributed by atoms with Gasteiger partial charge in [-0.3, -0.25) is 0 Å². The van der Waals surface area contributed by atoms with Crippen LogP contribution in [-0.4, -0.2) is 19.0 Å². The van der Waals surface area contributed by atoms with Crippen LogP contribution in [0.25, 0.3) is 0 Å². The molecule has 1 rings (SSSR count). The summed E-state index contributed by atoms with van der Waals surface area (Å²) in [6.07, 6.45) is 0.785. The van der Waals surface area contributed by atoms with Crippen molar-refractivity contribution in [1.29, 1.82) is 0 Å². The van der Waals surface area contributed by atoms with Gasteiger partial charge in [0.05, 0.1) is 0 Å². The summed E-state index contributed by atoms with van der Waals surface area (Å²) in [7, 11) is 0. The van der Waals surface area contributed by atoms with Crippen LogP contribution in [0.4, 0.5) is 0 Å². The minimum absolute atomic E-state index is 0.427. The van der Waals surface area contributed by atoms with Gasteiger partial charge in [-0.15, -0.1) is 10.5 Å². The van der Waals surface area contributed by atoms with Crippen LogP contribution < -0.4 is 5.43 Å². The summed E-state index contributed by atoms with van der Waals surface area (Å²) in [6.45, 7) is 5.56. The largest absolute Gasteiger partial charge is 0.381 e. The molecule has 0 saturated heterocycles. The first kappa shape index (κ1) is 9.12. The van der Waals surface area contributed by atoms with Crippen LogP contribution in [0.5, 0.6) is 0 Å². The van der Waals surface area contributed by atoms with E-state index in [9.17, 15) is 0 Å². The van der Waals surface area contributed by atoms with Crippen LogP contribution in [0.15, 0.2) is 15.5 Å². The third-order valence-electron chi connectivity index (χ3n) is 1.50. The topological polar surface area (TPSA) is 60.4 Å². The minimum atomic E-state index is 0.427. The molecule has 0 saturated carbocycles. The molecule has 0 aliphatic carbocycles. The van der Waals surface area contributed by atoms with Crippen molar-refractivity contribution < 1.29 is 4.74 Å². The fourth-order valence-electron chi connectivity index (χ4n) is 0.935. The summed E-state index contributed by atoms with van der Waals surface area (Å²) < 4.78 is 5.25. The quantitative estimate of drug-likeness (QED) is 0.612. The second-order valence-corrected chi connectivity index (χ2v) is 2.76. The molecule has 1 unspecified atom stereocenters. The van der Waals surface area contributed by atoms with E-state index in [1.807, 2.05) is 6.92 Å². The van der Waals surface area contributed by atoms with Gasteiger partial charge in [0, 0.05) is 19.6 Å². The van der Waals surface area contributed by atoms with Gasteiger partial charge in [0.2, 0.25) is 0 Å². The molecule has 1 atom stereocenters. The molecule has 67 valence electrons. The molecule has 0 spiro atoms. The molecule has 1 aliphatic rings. The molecule has 0 aromatic carbocycles. The Hall–Kier alpha value is -0.970. The van der Waals surface area contributed by atoms with Gasteiger partial charge in [-0.25, -0.2) is 0 Å². The molecule has 5 heteroatoms. The lowest BCUT2D eigenvalue weighted by atomic mass is 10.1. The maximum atomic E-state index is 5.25. The predicted octanol–water partition coefficient (Wildman–Crippen LogP) is 1.35. The van der Waals surface area contributed by atoms with Crippen molar-refractivity contribution in [2.45, 2.75) is 20.3 Å². The summed E-state index contributed by atoms with van der Waals surface area (Å²) in [6, 6.07) is 0. The summed E-state index contributed by atoms with van der Waals surface area (Å²) in [5.41, 5.74) is 3.74. The highest BCUT2D eigenvalue weighted by atomic mass is 16.5. The van der Waals surface area contributed by atoms with Gasteiger partial charge in [-0.1, -0.05) is 6.92 Å². The SMILES string of the molecule is CCOCC(C)CC1=NN=N[N]1. The molecule has 0 amide bonds. The average Bonchev–Trinajstić information content (AvgIpc) is 2.53. The van der Waals surface area contributed by atoms with E-state index in [4.69, 9.17) is 4.74 Å². The predicted molar refractivity (Wildman–Crippen MR) is 44.7 cm³/mol. The molecule has 12 heavy (non-hydrogen) atoms. The minimum Gasteiger partial charge on any atom is -0.381 e. The van der Waals surface area contributed by atoms with Gasteiger partial charge in [0.15, 0.2) is 5.84 Å². The standard InChI is InChI=1S/C7H13N4O/c1-3-12-5-6(2)4-7-8-10-11-9-7/h6H,3-5H2,1-2H3. The fourth-order valence-corrected chi connectivity index (χ4v) is 0.935. The number of hydrogen-bond acceptors (Lipinski definition) is 4. The van der Waals surface area contributed by atoms with Gasteiger partial charge in [0.25, 0.3) is 0 Å². The van der Waals surface area contributed by atoms with Crippen LogP contribution in [0, 0.1) is 5.92 Å². The third-order valence-corrected chi connectivity index (χ3v) is 1.50. The third kappa shape index (κ3) is 2.96. The number of nitrogens with zero attached hydrogens (tertiary/aromatic N) is 4. The van der Waals surface area contributed by atoms with Crippen molar-refractivity contribution in [3.8, 4) is 0 Å². The van der Waals surface area contributed by atoms with E-state index in [0.717, 1.165) is 19.6 Å². The van der Waals surface area contributed by atoms with Crippen LogP contribution in [-0.2, 0) is 4.74 Å². The van der Waals surface area contributed by atoms with Crippen molar-refractivity contribution in [2.75, 3.05) is 13.2 Å². The molecule has 0 fully saturated rings. The fraction of sp³-hybridized carbons (Fsp3) is 0.857. The Balaban J connectivity index is 2.13. The van der Waals surface area contributed by atoms with Gasteiger partial charge in [-0.2, -0.15) is 0 Å². The Labute approximate surface area is 71.9 Å². The van der Waals surface area contributed by atoms with Crippen molar-refractivity contribution in [2.24, 2.45) is 21.5 Å². The van der Waals surface area contributed by atoms with Crippen molar-refractivity contribution in [3.63, 3.8) is 0 Å². The lowest BCUT2D eigenvalue weighted by Gasteiger charge is -2.08. The zero-order valence-electron chi connectivity index (χ0n) is 7.40. The van der Waals surface area contributed by atoms with E-state index in [-0.39, 0.29) is 0 Å². The molecule has 5 nitrogen and oxygen atoms in total. The Bertz CT molecular complexity index is 190. The summed E-state index contributed by atoms with van der Waals surface area (Å²) in [5.74, 6) is 1.12. The van der Waals surface area contributed by atoms with Crippen molar-refractivity contribution in [1.82, 2.24) is 5.43 Å². The Morgan fingerprint density at radius 1 is 1.42 bits per heavy atom. The molecular formula is C7H13N4O. The van der Waals surface area contributed by atoms with E-state index in [1.54, 1.807) is 0 Å². The second-order valence-electron chi connectivity index (χ2n) is 2.76. The van der Waals surface area contributed by atoms with E-state index in [1.165, 1.54) is 0 Å². The average molecular weight is 169 g/mol. The van der Waals surface area contributed by atoms with E-state index in [2.05, 4.69) is 27.9 Å². The highest BCUT2D eigenvalue weighted by molar-refractivity contribution is 5.82. The normalized spacial score (nSPS) is 17.3. The highest BCUT2D eigenvalue weighted by Crippen LogP contribution is 2.06. The molecule has 1 radical (unpaired) electrons. The molecule has 1 heterocycles. The molecule has 0 aromatic rings. The van der Waals surface area contributed by atoms with E-state index >= 15 is 0 Å². The smallest absolute Gasteiger partial charge is 0.177 e. The lowest BCUT2D eigenvalue weighted by molar-refractivity contribution is 0.118. The lowest BCUT2D eigenvalue weighted by Crippen LogP contribution is -2.15. The molecule has 0 N–H and O–H groups in total. The number of hydrogen-bond donors (Lipinski definition) is 0. The maximum Gasteiger partial charge on any atom is 0.177 e. The summed E-state index contributed by atoms with van der Waals surface area (Å²) in [5, 5.41) is 10.5. The van der Waals surface area contributed by atoms with Gasteiger partial charge in [0.1, 0.15) is 0 Å². The Morgan fingerprint density at radius 2 is 2.25 bits per heavy atom. The summed E-state index contributed by atoms with van der Waals surface area (Å²) in [4.78, 5) is 0. The zero-order chi connectivity index (χ0) is 8.81. The first-order chi connectivity index (χ1) is 5.83. The van der Waals surface area contributed by atoms with Crippen LogP contribution >= 0.6 is 0 Å². The highest BCUT2D eigenvalue weighted by Gasteiger charge is 2.11. The first-order valence-electron chi connectivity index (χ1n) is 4.08. The second kappa shape index (κ2) is 4.82. The Kier molecular flexibility index (Phi) is 3.66. The van der Waals surface area contributed by atoms with Crippen molar-refractivity contribution >= 4 is 5.84 Å². The van der Waals surface area contributed by atoms with E-state index < -0.39 is 0 Å². The number of ether oxygens (including phenoxy) is 1. The van der Waals surface area contributed by atoms with Crippen molar-refractivity contribution in [3.05, 3.63) is 0 Å². The molecule has 0 bridgehead atoms. The Morgan fingerprint density at radius 3 is 2.83 bits per heavy atom. The molecule has 1 aliphatic heterocycles. The monoisotopic (exact) mass is 169 g/mol. The first-order valence-corrected chi connectivity index (χ1v) is 4.08. The summed E-state index contributed by atoms with van der Waals surface area (Å²) >= 11 is 0. The molecular weight excluding hydrogens is 156 g/mol. The van der Waals surface area contributed by atoms with Crippen LogP contribution in [0.3, 0.4) is 0 Å². The van der Waals surface area contributed by atoms with Gasteiger partial charge < -0.3 is 4.74 Å². The number of amidine groups is 1. The van der Waals surface area contributed by atoms with E-state index in [0.29, 0.717) is 11.8 Å². The van der Waals surface area contributed by atoms with Crippen LogP contribution in [0.2, 0.25) is 0 Å². The van der Waals surface area contributed by atoms with Gasteiger partial charge >= 0.3 is 0 Å². The number of rotatable bonds is 5. The van der Waals surface area contributed by atoms with Crippen LogP contribution in [0.1, 0.15) is 20.3 Å².